The summed E-state index contributed by atoms with van der Waals surface area (Å²) in [5.74, 6) is -0.803. The highest BCUT2D eigenvalue weighted by atomic mass is 79.9. The minimum absolute atomic E-state index is 0.00669. The van der Waals surface area contributed by atoms with Crippen molar-refractivity contribution in [3.05, 3.63) is 68.6 Å². The fraction of sp³-hybridized carbons (Fsp3) is 0.385. The molecule has 3 aromatic rings. The molecule has 11 heteroatoms. The highest BCUT2D eigenvalue weighted by Gasteiger charge is 2.36. The molecule has 0 aliphatic carbocycles. The van der Waals surface area contributed by atoms with Gasteiger partial charge in [-0.05, 0) is 78.1 Å². The van der Waals surface area contributed by atoms with Crippen LogP contribution in [0.2, 0.25) is 0 Å². The first-order chi connectivity index (χ1) is 17.8. The van der Waals surface area contributed by atoms with Crippen LogP contribution in [0.25, 0.3) is 5.69 Å². The molecule has 2 fully saturated rings. The van der Waals surface area contributed by atoms with E-state index in [1.54, 1.807) is 21.8 Å². The molecule has 2 amide bonds. The molecule has 2 aliphatic heterocycles. The molecular weight excluding hydrogens is 607 g/mol. The molecule has 1 aromatic heterocycles. The van der Waals surface area contributed by atoms with Gasteiger partial charge in [0.15, 0.2) is 0 Å². The van der Waals surface area contributed by atoms with E-state index in [1.807, 2.05) is 25.1 Å². The third-order valence-corrected chi connectivity index (χ3v) is 8.04. The van der Waals surface area contributed by atoms with Gasteiger partial charge >= 0.3 is 0 Å². The molecular formula is C26H27Br2FN6O2. The molecule has 2 aromatic carbocycles. The van der Waals surface area contributed by atoms with Crippen molar-refractivity contribution < 1.29 is 14.0 Å². The molecule has 2 atom stereocenters. The molecule has 2 unspecified atom stereocenters. The maximum atomic E-state index is 13.7. The molecule has 2 aliphatic rings. The van der Waals surface area contributed by atoms with Gasteiger partial charge in [-0.2, -0.15) is 0 Å². The Balaban J connectivity index is 1.17. The van der Waals surface area contributed by atoms with E-state index in [1.165, 1.54) is 12.1 Å². The number of benzene rings is 2. The van der Waals surface area contributed by atoms with E-state index < -0.39 is 0 Å². The lowest BCUT2D eigenvalue weighted by Crippen LogP contribution is -2.49. The third-order valence-electron chi connectivity index (χ3n) is 6.88. The summed E-state index contributed by atoms with van der Waals surface area (Å²) in [4.78, 5) is 29.7. The van der Waals surface area contributed by atoms with Crippen molar-refractivity contribution in [1.82, 2.24) is 25.2 Å². The normalized spacial score (nSPS) is 20.4. The summed E-state index contributed by atoms with van der Waals surface area (Å²) in [7, 11) is 0. The first-order valence-corrected chi connectivity index (χ1v) is 13.8. The van der Waals surface area contributed by atoms with Gasteiger partial charge < -0.3 is 10.2 Å². The number of anilines is 1. The van der Waals surface area contributed by atoms with Gasteiger partial charge in [-0.1, -0.05) is 21.1 Å². The summed E-state index contributed by atoms with van der Waals surface area (Å²) >= 11 is 6.89. The fourth-order valence-corrected chi connectivity index (χ4v) is 5.96. The van der Waals surface area contributed by atoms with Crippen molar-refractivity contribution in [3.8, 4) is 5.69 Å². The second-order valence-electron chi connectivity index (χ2n) is 9.67. The average molecular weight is 634 g/mol. The Labute approximate surface area is 231 Å². The van der Waals surface area contributed by atoms with E-state index in [9.17, 15) is 14.0 Å². The average Bonchev–Trinajstić information content (AvgIpc) is 3.48. The van der Waals surface area contributed by atoms with Crippen LogP contribution >= 0.6 is 31.9 Å². The Bertz CT molecular complexity index is 1330. The number of hydrogen-bond acceptors (Lipinski definition) is 5. The van der Waals surface area contributed by atoms with Crippen molar-refractivity contribution >= 4 is 49.4 Å². The van der Waals surface area contributed by atoms with E-state index in [4.69, 9.17) is 0 Å². The van der Waals surface area contributed by atoms with Gasteiger partial charge in [-0.15, -0.1) is 5.10 Å². The zero-order chi connectivity index (χ0) is 26.1. The van der Waals surface area contributed by atoms with Crippen LogP contribution in [0.1, 0.15) is 30.5 Å². The maximum Gasteiger partial charge on any atom is 0.227 e. The van der Waals surface area contributed by atoms with E-state index in [0.717, 1.165) is 45.3 Å². The molecule has 0 bridgehead atoms. The minimum Gasteiger partial charge on any atom is -0.352 e. The topological polar surface area (TPSA) is 83.4 Å². The number of likely N-dealkylation sites (tertiary alicyclic amines) is 1. The summed E-state index contributed by atoms with van der Waals surface area (Å²) in [6.45, 7) is 4.52. The van der Waals surface area contributed by atoms with Crippen LogP contribution in [0.5, 0.6) is 0 Å². The Morgan fingerprint density at radius 2 is 2.00 bits per heavy atom. The fourth-order valence-electron chi connectivity index (χ4n) is 5.05. The number of halogens is 3. The molecule has 8 nitrogen and oxygen atoms in total. The SMILES string of the molecule is Cc1cc(Br)ccc1N1CC(C(=O)NC2CCCN(Cc3cn(-c4cc(F)ccc4Br)nn3)C2)CC1=O. The Morgan fingerprint density at radius 3 is 2.81 bits per heavy atom. The summed E-state index contributed by atoms with van der Waals surface area (Å²) in [5.41, 5.74) is 3.20. The minimum atomic E-state index is -0.365. The monoisotopic (exact) mass is 632 g/mol. The zero-order valence-corrected chi connectivity index (χ0v) is 23.5. The van der Waals surface area contributed by atoms with Gasteiger partial charge in [-0.25, -0.2) is 9.07 Å². The number of carbonyl (C=O) groups is 2. The van der Waals surface area contributed by atoms with Gasteiger partial charge in [0.05, 0.1) is 23.5 Å². The molecule has 0 spiro atoms. The number of piperidine rings is 1. The van der Waals surface area contributed by atoms with Gasteiger partial charge in [0.25, 0.3) is 0 Å². The lowest BCUT2D eigenvalue weighted by Gasteiger charge is -2.33. The van der Waals surface area contributed by atoms with Crippen LogP contribution in [-0.2, 0) is 16.1 Å². The standard InChI is InChI=1S/C26H27Br2FN6O2/c1-16-9-18(27)4-7-23(16)34-12-17(10-25(34)36)26(37)30-20-3-2-8-33(13-20)14-21-15-35(32-31-21)24-11-19(29)5-6-22(24)28/h4-7,9,11,15,17,20H,2-3,8,10,12-14H2,1H3,(H,30,37). The Hall–Kier alpha value is -2.63. The van der Waals surface area contributed by atoms with Crippen molar-refractivity contribution in [2.24, 2.45) is 5.92 Å². The summed E-state index contributed by atoms with van der Waals surface area (Å²) in [6.07, 6.45) is 3.85. The second-order valence-corrected chi connectivity index (χ2v) is 11.4. The number of rotatable bonds is 6. The highest BCUT2D eigenvalue weighted by Crippen LogP contribution is 2.30. The summed E-state index contributed by atoms with van der Waals surface area (Å²) in [5, 5.41) is 11.6. The van der Waals surface area contributed by atoms with Crippen LogP contribution in [-0.4, -0.2) is 57.4 Å². The molecule has 5 rings (SSSR count). The molecule has 1 N–H and O–H groups in total. The molecule has 194 valence electrons. The number of hydrogen-bond donors (Lipinski definition) is 1. The maximum absolute atomic E-state index is 13.7. The lowest BCUT2D eigenvalue weighted by atomic mass is 10.0. The molecule has 0 radical (unpaired) electrons. The van der Waals surface area contributed by atoms with Crippen molar-refractivity contribution in [1.29, 1.82) is 0 Å². The van der Waals surface area contributed by atoms with Gasteiger partial charge in [0.2, 0.25) is 11.8 Å². The molecule has 3 heterocycles. The van der Waals surface area contributed by atoms with E-state index in [0.29, 0.717) is 25.3 Å². The van der Waals surface area contributed by atoms with Crippen LogP contribution < -0.4 is 10.2 Å². The number of amides is 2. The molecule has 0 saturated carbocycles. The van der Waals surface area contributed by atoms with Gasteiger partial charge in [0, 0.05) is 52.8 Å². The largest absolute Gasteiger partial charge is 0.352 e. The van der Waals surface area contributed by atoms with Gasteiger partial charge in [0.1, 0.15) is 5.82 Å². The van der Waals surface area contributed by atoms with Crippen molar-refractivity contribution in [2.45, 2.75) is 38.8 Å². The zero-order valence-electron chi connectivity index (χ0n) is 20.3. The van der Waals surface area contributed by atoms with E-state index >= 15 is 0 Å². The summed E-state index contributed by atoms with van der Waals surface area (Å²) < 4.78 is 16.9. The third kappa shape index (κ3) is 5.94. The quantitative estimate of drug-likeness (QED) is 0.436. The first kappa shape index (κ1) is 26.0. The number of nitrogens with zero attached hydrogens (tertiary/aromatic N) is 5. The molecule has 37 heavy (non-hydrogen) atoms. The predicted octanol–water partition coefficient (Wildman–Crippen LogP) is 4.37. The number of aryl methyl sites for hydroxylation is 1. The number of nitrogens with one attached hydrogen (secondary N) is 1. The number of aromatic nitrogens is 3. The van der Waals surface area contributed by atoms with Crippen molar-refractivity contribution in [3.63, 3.8) is 0 Å². The van der Waals surface area contributed by atoms with Crippen LogP contribution in [0.4, 0.5) is 10.1 Å². The number of carbonyl (C=O) groups excluding carboxylic acids is 2. The molecule has 2 saturated heterocycles. The summed E-state index contributed by atoms with van der Waals surface area (Å²) in [6, 6.07) is 10.2. The van der Waals surface area contributed by atoms with Crippen LogP contribution in [0.15, 0.2) is 51.5 Å². The highest BCUT2D eigenvalue weighted by molar-refractivity contribution is 9.10. The predicted molar refractivity (Wildman–Crippen MR) is 145 cm³/mol. The second kappa shape index (κ2) is 11.0. The van der Waals surface area contributed by atoms with Crippen molar-refractivity contribution in [2.75, 3.05) is 24.5 Å². The van der Waals surface area contributed by atoms with E-state index in [2.05, 4.69) is 52.4 Å². The Kier molecular flexibility index (Phi) is 7.73. The smallest absolute Gasteiger partial charge is 0.227 e. The Morgan fingerprint density at radius 1 is 1.16 bits per heavy atom. The lowest BCUT2D eigenvalue weighted by molar-refractivity contribution is -0.127. The first-order valence-electron chi connectivity index (χ1n) is 12.2. The van der Waals surface area contributed by atoms with Crippen LogP contribution in [0.3, 0.4) is 0 Å². The van der Waals surface area contributed by atoms with Gasteiger partial charge in [-0.3, -0.25) is 14.5 Å². The van der Waals surface area contributed by atoms with Crippen LogP contribution in [0, 0.1) is 18.7 Å². The van der Waals surface area contributed by atoms with E-state index in [-0.39, 0.29) is 36.0 Å².